The van der Waals surface area contributed by atoms with E-state index in [-0.39, 0.29) is 30.2 Å². The van der Waals surface area contributed by atoms with Gasteiger partial charge in [-0.05, 0) is 45.4 Å². The molecule has 4 aromatic rings. The first kappa shape index (κ1) is 19.9. The van der Waals surface area contributed by atoms with E-state index in [1.165, 1.54) is 4.68 Å². The van der Waals surface area contributed by atoms with Gasteiger partial charge < -0.3 is 9.47 Å². The average molecular weight is 406 g/mol. The maximum absolute atomic E-state index is 13.2. The summed E-state index contributed by atoms with van der Waals surface area (Å²) in [6.07, 6.45) is 0. The van der Waals surface area contributed by atoms with Gasteiger partial charge in [0.15, 0.2) is 0 Å². The molecule has 0 bridgehead atoms. The Morgan fingerprint density at radius 1 is 0.933 bits per heavy atom. The van der Waals surface area contributed by atoms with Crippen LogP contribution >= 0.6 is 0 Å². The van der Waals surface area contributed by atoms with E-state index in [2.05, 4.69) is 5.10 Å². The summed E-state index contributed by atoms with van der Waals surface area (Å²) in [4.78, 5) is 27.9. The summed E-state index contributed by atoms with van der Waals surface area (Å²) in [5.41, 5.74) is 2.54. The normalized spacial score (nSPS) is 11.8. The molecule has 0 atom stereocenters. The molecule has 0 aliphatic heterocycles. The van der Waals surface area contributed by atoms with Crippen molar-refractivity contribution in [3.05, 3.63) is 70.6 Å². The SMILES string of the molecule is CC(C)N(C(=O)Cn1nc2n(Cc3ccccc3)c3ccccc3n2c1=O)C(C)C. The van der Waals surface area contributed by atoms with E-state index < -0.39 is 0 Å². The third kappa shape index (κ3) is 3.40. The van der Waals surface area contributed by atoms with Gasteiger partial charge in [0.2, 0.25) is 11.7 Å². The summed E-state index contributed by atoms with van der Waals surface area (Å²) in [5, 5.41) is 4.57. The van der Waals surface area contributed by atoms with Gasteiger partial charge in [-0.2, -0.15) is 0 Å². The second-order valence-corrected chi connectivity index (χ2v) is 8.12. The minimum absolute atomic E-state index is 0.0537. The van der Waals surface area contributed by atoms with Crippen LogP contribution in [0.1, 0.15) is 33.3 Å². The van der Waals surface area contributed by atoms with Gasteiger partial charge in [-0.25, -0.2) is 13.9 Å². The van der Waals surface area contributed by atoms with Crippen molar-refractivity contribution in [2.24, 2.45) is 0 Å². The minimum atomic E-state index is -0.297. The minimum Gasteiger partial charge on any atom is -0.336 e. The van der Waals surface area contributed by atoms with Crippen LogP contribution in [0.3, 0.4) is 0 Å². The average Bonchev–Trinajstić information content (AvgIpc) is 3.17. The second kappa shape index (κ2) is 7.82. The number of imidazole rings is 1. The van der Waals surface area contributed by atoms with E-state index in [4.69, 9.17) is 0 Å². The van der Waals surface area contributed by atoms with Gasteiger partial charge in [0.05, 0.1) is 17.6 Å². The highest BCUT2D eigenvalue weighted by atomic mass is 16.2. The van der Waals surface area contributed by atoms with E-state index in [1.807, 2.05) is 86.9 Å². The van der Waals surface area contributed by atoms with Crippen molar-refractivity contribution in [1.82, 2.24) is 23.6 Å². The lowest BCUT2D eigenvalue weighted by atomic mass is 10.2. The summed E-state index contributed by atoms with van der Waals surface area (Å²) >= 11 is 0. The third-order valence-corrected chi connectivity index (χ3v) is 5.35. The lowest BCUT2D eigenvalue weighted by Gasteiger charge is -2.30. The molecule has 0 unspecified atom stereocenters. The zero-order valence-corrected chi connectivity index (χ0v) is 17.8. The number of carbonyl (C=O) groups excluding carboxylic acids is 1. The number of nitrogens with zero attached hydrogens (tertiary/aromatic N) is 5. The number of hydrogen-bond acceptors (Lipinski definition) is 3. The first-order valence-electron chi connectivity index (χ1n) is 10.3. The van der Waals surface area contributed by atoms with Crippen molar-refractivity contribution in [2.45, 2.75) is 52.9 Å². The first-order valence-corrected chi connectivity index (χ1v) is 10.3. The van der Waals surface area contributed by atoms with Crippen molar-refractivity contribution in [1.29, 1.82) is 0 Å². The van der Waals surface area contributed by atoms with Crippen LogP contribution in [0.15, 0.2) is 59.4 Å². The molecule has 0 saturated carbocycles. The highest BCUT2D eigenvalue weighted by Gasteiger charge is 2.24. The van der Waals surface area contributed by atoms with E-state index in [9.17, 15) is 9.59 Å². The molecule has 0 N–H and O–H groups in total. The van der Waals surface area contributed by atoms with Crippen LogP contribution in [-0.4, -0.2) is 41.6 Å². The van der Waals surface area contributed by atoms with Crippen LogP contribution in [-0.2, 0) is 17.9 Å². The number of para-hydroxylation sites is 2. The number of rotatable bonds is 6. The molecular weight excluding hydrogens is 378 g/mol. The van der Waals surface area contributed by atoms with Crippen LogP contribution < -0.4 is 5.69 Å². The fourth-order valence-electron chi connectivity index (χ4n) is 4.18. The molecule has 2 heterocycles. The Labute approximate surface area is 175 Å². The number of aromatic nitrogens is 4. The molecule has 30 heavy (non-hydrogen) atoms. The van der Waals surface area contributed by atoms with Crippen molar-refractivity contribution >= 4 is 22.7 Å². The largest absolute Gasteiger partial charge is 0.352 e. The topological polar surface area (TPSA) is 64.5 Å². The molecule has 7 nitrogen and oxygen atoms in total. The molecule has 0 aliphatic carbocycles. The van der Waals surface area contributed by atoms with Crippen LogP contribution in [0, 0.1) is 0 Å². The Balaban J connectivity index is 1.81. The molecule has 0 fully saturated rings. The van der Waals surface area contributed by atoms with E-state index in [0.717, 1.165) is 16.6 Å². The molecule has 2 aromatic carbocycles. The van der Waals surface area contributed by atoms with Crippen molar-refractivity contribution in [3.8, 4) is 0 Å². The standard InChI is InChI=1S/C23H27N5O2/c1-16(2)27(17(3)4)21(29)15-26-23(30)28-20-13-9-8-12-19(20)25(22(28)24-26)14-18-10-6-5-7-11-18/h5-13,16-17H,14-15H2,1-4H3. The predicted octanol–water partition coefficient (Wildman–Crippen LogP) is 3.14. The van der Waals surface area contributed by atoms with E-state index in [0.29, 0.717) is 12.3 Å². The Bertz CT molecular complexity index is 1240. The number of carbonyl (C=O) groups is 1. The number of amides is 1. The molecule has 0 saturated heterocycles. The highest BCUT2D eigenvalue weighted by molar-refractivity contribution is 5.81. The van der Waals surface area contributed by atoms with Gasteiger partial charge >= 0.3 is 5.69 Å². The molecule has 1 amide bonds. The fraction of sp³-hybridized carbons (Fsp3) is 0.348. The van der Waals surface area contributed by atoms with Gasteiger partial charge in [0, 0.05) is 12.1 Å². The van der Waals surface area contributed by atoms with Crippen LogP contribution in [0.4, 0.5) is 0 Å². The zero-order chi connectivity index (χ0) is 21.4. The molecular formula is C23H27N5O2. The fourth-order valence-corrected chi connectivity index (χ4v) is 4.18. The van der Waals surface area contributed by atoms with Crippen LogP contribution in [0.2, 0.25) is 0 Å². The molecule has 156 valence electrons. The smallest absolute Gasteiger partial charge is 0.336 e. The number of hydrogen-bond donors (Lipinski definition) is 0. The molecule has 0 spiro atoms. The zero-order valence-electron chi connectivity index (χ0n) is 17.8. The summed E-state index contributed by atoms with van der Waals surface area (Å²) in [5.74, 6) is 0.431. The lowest BCUT2D eigenvalue weighted by Crippen LogP contribution is -2.45. The Kier molecular flexibility index (Phi) is 5.20. The maximum Gasteiger partial charge on any atom is 0.352 e. The molecule has 7 heteroatoms. The van der Waals surface area contributed by atoms with Crippen LogP contribution in [0.25, 0.3) is 16.8 Å². The monoisotopic (exact) mass is 405 g/mol. The Hall–Kier alpha value is -3.35. The summed E-state index contributed by atoms with van der Waals surface area (Å²) in [6, 6.07) is 17.9. The van der Waals surface area contributed by atoms with Gasteiger partial charge in [-0.15, -0.1) is 5.10 Å². The van der Waals surface area contributed by atoms with Gasteiger partial charge in [0.1, 0.15) is 6.54 Å². The Morgan fingerprint density at radius 2 is 1.53 bits per heavy atom. The third-order valence-electron chi connectivity index (χ3n) is 5.35. The van der Waals surface area contributed by atoms with Crippen molar-refractivity contribution < 1.29 is 4.79 Å². The quantitative estimate of drug-likeness (QED) is 0.495. The van der Waals surface area contributed by atoms with Gasteiger partial charge in [-0.1, -0.05) is 42.5 Å². The number of fused-ring (bicyclic) bond motifs is 3. The number of benzene rings is 2. The first-order chi connectivity index (χ1) is 14.4. The van der Waals surface area contributed by atoms with Gasteiger partial charge in [-0.3, -0.25) is 4.79 Å². The summed E-state index contributed by atoms with van der Waals surface area (Å²) in [7, 11) is 0. The van der Waals surface area contributed by atoms with Crippen LogP contribution in [0.5, 0.6) is 0 Å². The second-order valence-electron chi connectivity index (χ2n) is 8.12. The summed E-state index contributed by atoms with van der Waals surface area (Å²) < 4.78 is 4.90. The van der Waals surface area contributed by atoms with E-state index in [1.54, 1.807) is 9.30 Å². The van der Waals surface area contributed by atoms with Crippen molar-refractivity contribution in [2.75, 3.05) is 0 Å². The van der Waals surface area contributed by atoms with E-state index >= 15 is 0 Å². The molecule has 0 radical (unpaired) electrons. The lowest BCUT2D eigenvalue weighted by molar-refractivity contribution is -0.135. The van der Waals surface area contributed by atoms with Crippen molar-refractivity contribution in [3.63, 3.8) is 0 Å². The molecule has 2 aromatic heterocycles. The highest BCUT2D eigenvalue weighted by Crippen LogP contribution is 2.20. The van der Waals surface area contributed by atoms with Gasteiger partial charge in [0.25, 0.3) is 0 Å². The predicted molar refractivity (Wildman–Crippen MR) is 118 cm³/mol. The Morgan fingerprint density at radius 3 is 2.17 bits per heavy atom. The molecule has 0 aliphatic rings. The summed E-state index contributed by atoms with van der Waals surface area (Å²) in [6.45, 7) is 8.43. The maximum atomic E-state index is 13.2. The molecule has 4 rings (SSSR count).